The Kier molecular flexibility index (Phi) is 6.42. The Morgan fingerprint density at radius 2 is 1.85 bits per heavy atom. The summed E-state index contributed by atoms with van der Waals surface area (Å²) < 4.78 is 6.51. The number of hydrogen-bond donors (Lipinski definition) is 2. The molecule has 2 rings (SSSR count). The Balaban J connectivity index is 1.96. The molecule has 0 atom stereocenters. The fourth-order valence-corrected chi connectivity index (χ4v) is 2.74. The molecule has 0 saturated heterocycles. The first-order valence-corrected chi connectivity index (χ1v) is 9.05. The van der Waals surface area contributed by atoms with Crippen LogP contribution in [0.2, 0.25) is 0 Å². The molecule has 5 nitrogen and oxygen atoms in total. The van der Waals surface area contributed by atoms with Gasteiger partial charge in [0.1, 0.15) is 5.75 Å². The predicted molar refractivity (Wildman–Crippen MR) is 107 cm³/mol. The third-order valence-corrected chi connectivity index (χ3v) is 3.89. The highest BCUT2D eigenvalue weighted by molar-refractivity contribution is 9.10. The average Bonchev–Trinajstić information content (AvgIpc) is 2.52. The highest BCUT2D eigenvalue weighted by atomic mass is 79.9. The van der Waals surface area contributed by atoms with E-state index < -0.39 is 0 Å². The van der Waals surface area contributed by atoms with Crippen LogP contribution in [0.3, 0.4) is 0 Å². The van der Waals surface area contributed by atoms with Crippen molar-refractivity contribution < 1.29 is 14.3 Å². The fourth-order valence-electron chi connectivity index (χ4n) is 2.27. The Hall–Kier alpha value is -2.34. The Morgan fingerprint density at radius 1 is 1.12 bits per heavy atom. The molecule has 0 heterocycles. The quantitative estimate of drug-likeness (QED) is 0.760. The van der Waals surface area contributed by atoms with Gasteiger partial charge in [0.05, 0.1) is 0 Å². The number of halogens is 1. The highest BCUT2D eigenvalue weighted by Crippen LogP contribution is 2.22. The van der Waals surface area contributed by atoms with Gasteiger partial charge in [-0.05, 0) is 69.7 Å². The van der Waals surface area contributed by atoms with Crippen LogP contribution in [-0.4, -0.2) is 24.0 Å². The standard InChI is InChI=1S/C20H23BrN2O3/c1-13-10-15(21)8-9-17(13)26-12-18(24)22-16-7-5-6-14(11-16)19(25)23-20(2,3)4/h5-11H,12H2,1-4H3,(H,22,24)(H,23,25). The average molecular weight is 419 g/mol. The number of rotatable bonds is 5. The second-order valence-corrected chi connectivity index (χ2v) is 7.95. The van der Waals surface area contributed by atoms with E-state index in [1.54, 1.807) is 24.3 Å². The maximum Gasteiger partial charge on any atom is 0.262 e. The second-order valence-electron chi connectivity index (χ2n) is 7.03. The number of carbonyl (C=O) groups is 2. The summed E-state index contributed by atoms with van der Waals surface area (Å²) >= 11 is 3.39. The van der Waals surface area contributed by atoms with Crippen molar-refractivity contribution in [1.29, 1.82) is 0 Å². The minimum absolute atomic E-state index is 0.110. The first-order chi connectivity index (χ1) is 12.1. The largest absolute Gasteiger partial charge is 0.483 e. The molecule has 0 radical (unpaired) electrons. The maximum absolute atomic E-state index is 12.2. The number of ether oxygens (including phenoxy) is 1. The second kappa shape index (κ2) is 8.36. The number of amides is 2. The van der Waals surface area contributed by atoms with Crippen LogP contribution in [0, 0.1) is 6.92 Å². The van der Waals surface area contributed by atoms with Crippen LogP contribution in [0.25, 0.3) is 0 Å². The molecule has 0 spiro atoms. The first-order valence-electron chi connectivity index (χ1n) is 8.25. The SMILES string of the molecule is Cc1cc(Br)ccc1OCC(=O)Nc1cccc(C(=O)NC(C)(C)C)c1. The highest BCUT2D eigenvalue weighted by Gasteiger charge is 2.15. The number of nitrogens with one attached hydrogen (secondary N) is 2. The molecule has 0 aliphatic heterocycles. The van der Waals surface area contributed by atoms with Crippen molar-refractivity contribution in [2.24, 2.45) is 0 Å². The van der Waals surface area contributed by atoms with Crippen LogP contribution in [0.4, 0.5) is 5.69 Å². The van der Waals surface area contributed by atoms with Crippen molar-refractivity contribution >= 4 is 33.4 Å². The van der Waals surface area contributed by atoms with E-state index in [-0.39, 0.29) is 24.0 Å². The summed E-state index contributed by atoms with van der Waals surface area (Å²) in [5.41, 5.74) is 1.65. The van der Waals surface area contributed by atoms with Crippen molar-refractivity contribution in [2.45, 2.75) is 33.2 Å². The molecule has 0 aliphatic carbocycles. The van der Waals surface area contributed by atoms with E-state index in [1.165, 1.54) is 0 Å². The normalized spacial score (nSPS) is 11.0. The molecule has 2 N–H and O–H groups in total. The lowest BCUT2D eigenvalue weighted by atomic mass is 10.1. The topological polar surface area (TPSA) is 67.4 Å². The van der Waals surface area contributed by atoms with Crippen LogP contribution in [0.1, 0.15) is 36.7 Å². The van der Waals surface area contributed by atoms with E-state index in [1.807, 2.05) is 45.9 Å². The summed E-state index contributed by atoms with van der Waals surface area (Å²) in [4.78, 5) is 24.3. The molecule has 6 heteroatoms. The Labute approximate surface area is 162 Å². The van der Waals surface area contributed by atoms with E-state index >= 15 is 0 Å². The third kappa shape index (κ3) is 6.19. The van der Waals surface area contributed by atoms with E-state index in [9.17, 15) is 9.59 Å². The lowest BCUT2D eigenvalue weighted by Crippen LogP contribution is -2.40. The van der Waals surface area contributed by atoms with Gasteiger partial charge in [0.2, 0.25) is 0 Å². The molecule has 0 saturated carbocycles. The maximum atomic E-state index is 12.2. The molecular weight excluding hydrogens is 396 g/mol. The van der Waals surface area contributed by atoms with Gasteiger partial charge in [-0.1, -0.05) is 22.0 Å². The van der Waals surface area contributed by atoms with Gasteiger partial charge in [-0.2, -0.15) is 0 Å². The Bertz CT molecular complexity index is 813. The summed E-state index contributed by atoms with van der Waals surface area (Å²) in [7, 11) is 0. The van der Waals surface area contributed by atoms with Gasteiger partial charge in [-0.3, -0.25) is 9.59 Å². The van der Waals surface area contributed by atoms with E-state index in [4.69, 9.17) is 4.74 Å². The van der Waals surface area contributed by atoms with Gasteiger partial charge in [0, 0.05) is 21.3 Å². The van der Waals surface area contributed by atoms with Gasteiger partial charge in [-0.25, -0.2) is 0 Å². The zero-order valence-corrected chi connectivity index (χ0v) is 16.9. The summed E-state index contributed by atoms with van der Waals surface area (Å²) in [6.07, 6.45) is 0. The monoisotopic (exact) mass is 418 g/mol. The summed E-state index contributed by atoms with van der Waals surface area (Å²) in [6, 6.07) is 12.4. The predicted octanol–water partition coefficient (Wildman–Crippen LogP) is 4.30. The zero-order chi connectivity index (χ0) is 19.3. The van der Waals surface area contributed by atoms with Crippen LogP contribution >= 0.6 is 15.9 Å². The third-order valence-electron chi connectivity index (χ3n) is 3.39. The zero-order valence-electron chi connectivity index (χ0n) is 15.4. The molecule has 0 unspecified atom stereocenters. The molecule has 0 aliphatic rings. The smallest absolute Gasteiger partial charge is 0.262 e. The molecule has 2 aromatic rings. The molecular formula is C20H23BrN2O3. The van der Waals surface area contributed by atoms with Crippen LogP contribution < -0.4 is 15.4 Å². The van der Waals surface area contributed by atoms with Crippen molar-refractivity contribution in [2.75, 3.05) is 11.9 Å². The number of anilines is 1. The summed E-state index contributed by atoms with van der Waals surface area (Å²) in [5.74, 6) is 0.178. The minimum Gasteiger partial charge on any atom is -0.483 e. The lowest BCUT2D eigenvalue weighted by Gasteiger charge is -2.20. The molecule has 0 aromatic heterocycles. The van der Waals surface area contributed by atoms with Crippen LogP contribution in [0.5, 0.6) is 5.75 Å². The molecule has 138 valence electrons. The van der Waals surface area contributed by atoms with Gasteiger partial charge >= 0.3 is 0 Å². The van der Waals surface area contributed by atoms with E-state index in [0.717, 1.165) is 10.0 Å². The van der Waals surface area contributed by atoms with Crippen LogP contribution in [0.15, 0.2) is 46.9 Å². The van der Waals surface area contributed by atoms with Crippen LogP contribution in [-0.2, 0) is 4.79 Å². The number of carbonyl (C=O) groups excluding carboxylic acids is 2. The number of aryl methyl sites for hydroxylation is 1. The molecule has 0 bridgehead atoms. The molecule has 0 fully saturated rings. The van der Waals surface area contributed by atoms with Crippen molar-refractivity contribution in [3.8, 4) is 5.75 Å². The van der Waals surface area contributed by atoms with Gasteiger partial charge in [0.25, 0.3) is 11.8 Å². The van der Waals surface area contributed by atoms with Crippen molar-refractivity contribution in [3.05, 3.63) is 58.1 Å². The summed E-state index contributed by atoms with van der Waals surface area (Å²) in [6.45, 7) is 7.55. The summed E-state index contributed by atoms with van der Waals surface area (Å²) in [5, 5.41) is 5.64. The molecule has 2 aromatic carbocycles. The molecule has 2 amide bonds. The van der Waals surface area contributed by atoms with E-state index in [0.29, 0.717) is 17.0 Å². The first kappa shape index (κ1) is 20.0. The minimum atomic E-state index is -0.327. The van der Waals surface area contributed by atoms with Crippen molar-refractivity contribution in [1.82, 2.24) is 5.32 Å². The lowest BCUT2D eigenvalue weighted by molar-refractivity contribution is -0.118. The van der Waals surface area contributed by atoms with Gasteiger partial charge < -0.3 is 15.4 Å². The fraction of sp³-hybridized carbons (Fsp3) is 0.300. The van der Waals surface area contributed by atoms with E-state index in [2.05, 4.69) is 26.6 Å². The van der Waals surface area contributed by atoms with Gasteiger partial charge in [-0.15, -0.1) is 0 Å². The van der Waals surface area contributed by atoms with Gasteiger partial charge in [0.15, 0.2) is 6.61 Å². The number of benzene rings is 2. The Morgan fingerprint density at radius 3 is 2.50 bits per heavy atom. The molecule has 26 heavy (non-hydrogen) atoms. The van der Waals surface area contributed by atoms with Crippen molar-refractivity contribution in [3.63, 3.8) is 0 Å². The number of hydrogen-bond acceptors (Lipinski definition) is 3.